The summed E-state index contributed by atoms with van der Waals surface area (Å²) in [6.07, 6.45) is 5.90. The summed E-state index contributed by atoms with van der Waals surface area (Å²) in [6, 6.07) is -0.926. The Morgan fingerprint density at radius 2 is 1.78 bits per heavy atom. The molecule has 0 heterocycles. The van der Waals surface area contributed by atoms with Crippen molar-refractivity contribution in [3.8, 4) is 0 Å². The van der Waals surface area contributed by atoms with Gasteiger partial charge in [0.25, 0.3) is 0 Å². The predicted octanol–water partition coefficient (Wildman–Crippen LogP) is 3.08. The molecule has 0 saturated heterocycles. The number of rotatable bonds is 8. The monoisotopic (exact) mass is 507 g/mol. The number of esters is 1. The standard InChI is InChI=1S/C29H49NO6/c1-6-36-27(35)26(30-5)22(32)10-7-16(2)19-8-9-20-25-21(15-24(34)29(19,20)4)28(3)12-11-18(31)13-17(28)14-23(25)33/h16-21,23-26,30-31,33-34H,6-15H2,1-5H3. The normalized spacial score (nSPS) is 45.7. The van der Waals surface area contributed by atoms with E-state index in [1.807, 2.05) is 0 Å². The van der Waals surface area contributed by atoms with E-state index in [9.17, 15) is 24.9 Å². The average molecular weight is 508 g/mol. The largest absolute Gasteiger partial charge is 0.464 e. The highest BCUT2D eigenvalue weighted by molar-refractivity contribution is 6.03. The molecule has 12 unspecified atom stereocenters. The minimum Gasteiger partial charge on any atom is -0.464 e. The van der Waals surface area contributed by atoms with E-state index in [1.165, 1.54) is 0 Å². The van der Waals surface area contributed by atoms with Gasteiger partial charge in [-0.05, 0) is 112 Å². The molecule has 4 N–H and O–H groups in total. The lowest BCUT2D eigenvalue weighted by molar-refractivity contribution is -0.207. The number of carbonyl (C=O) groups is 2. The molecule has 0 radical (unpaired) electrons. The maximum Gasteiger partial charge on any atom is 0.330 e. The van der Waals surface area contributed by atoms with E-state index in [4.69, 9.17) is 4.74 Å². The van der Waals surface area contributed by atoms with Crippen LogP contribution < -0.4 is 5.32 Å². The number of aliphatic hydroxyl groups excluding tert-OH is 3. The average Bonchev–Trinajstić information content (AvgIpc) is 3.18. The number of ketones is 1. The minimum absolute atomic E-state index is 0.0663. The van der Waals surface area contributed by atoms with Crippen LogP contribution in [0.5, 0.6) is 0 Å². The van der Waals surface area contributed by atoms with Gasteiger partial charge in [0.2, 0.25) is 0 Å². The molecule has 0 aromatic rings. The van der Waals surface area contributed by atoms with Crippen LogP contribution in [0.4, 0.5) is 0 Å². The fraction of sp³-hybridized carbons (Fsp3) is 0.931. The highest BCUT2D eigenvalue weighted by atomic mass is 16.5. The molecule has 206 valence electrons. The number of ether oxygens (including phenoxy) is 1. The van der Waals surface area contributed by atoms with Gasteiger partial charge in [0.15, 0.2) is 11.8 Å². The molecule has 7 nitrogen and oxygen atoms in total. The third-order valence-electron chi connectivity index (χ3n) is 11.5. The van der Waals surface area contributed by atoms with E-state index in [2.05, 4.69) is 26.1 Å². The highest BCUT2D eigenvalue weighted by Crippen LogP contribution is 2.68. The molecule has 4 aliphatic rings. The quantitative estimate of drug-likeness (QED) is 0.295. The van der Waals surface area contributed by atoms with Gasteiger partial charge in [-0.2, -0.15) is 0 Å². The van der Waals surface area contributed by atoms with Gasteiger partial charge in [0.1, 0.15) is 0 Å². The van der Waals surface area contributed by atoms with Crippen molar-refractivity contribution in [2.24, 2.45) is 46.3 Å². The van der Waals surface area contributed by atoms with Gasteiger partial charge in [-0.25, -0.2) is 4.79 Å². The zero-order chi connectivity index (χ0) is 26.4. The van der Waals surface area contributed by atoms with Crippen molar-refractivity contribution in [1.82, 2.24) is 5.32 Å². The van der Waals surface area contributed by atoms with Crippen molar-refractivity contribution in [1.29, 1.82) is 0 Å². The first-order chi connectivity index (χ1) is 17.0. The van der Waals surface area contributed by atoms with Crippen LogP contribution in [0.15, 0.2) is 0 Å². The van der Waals surface area contributed by atoms with E-state index < -0.39 is 18.1 Å². The Balaban J connectivity index is 1.48. The zero-order valence-electron chi connectivity index (χ0n) is 22.9. The van der Waals surface area contributed by atoms with Crippen LogP contribution in [0.3, 0.4) is 0 Å². The molecule has 0 bridgehead atoms. The fourth-order valence-electron chi connectivity index (χ4n) is 9.48. The van der Waals surface area contributed by atoms with Gasteiger partial charge >= 0.3 is 5.97 Å². The zero-order valence-corrected chi connectivity index (χ0v) is 22.9. The molecule has 4 aliphatic carbocycles. The first kappa shape index (κ1) is 28.0. The summed E-state index contributed by atoms with van der Waals surface area (Å²) in [5, 5.41) is 36.2. The Bertz CT molecular complexity index is 820. The minimum atomic E-state index is -0.926. The van der Waals surface area contributed by atoms with Gasteiger partial charge in [-0.1, -0.05) is 20.8 Å². The Labute approximate surface area is 216 Å². The van der Waals surface area contributed by atoms with E-state index >= 15 is 0 Å². The molecular formula is C29H49NO6. The number of likely N-dealkylation sites (N-methyl/N-ethyl adjacent to an activating group) is 1. The van der Waals surface area contributed by atoms with E-state index in [-0.39, 0.29) is 65.0 Å². The molecular weight excluding hydrogens is 458 g/mol. The number of fused-ring (bicyclic) bond motifs is 5. The molecule has 36 heavy (non-hydrogen) atoms. The van der Waals surface area contributed by atoms with Gasteiger partial charge in [-0.3, -0.25) is 4.79 Å². The smallest absolute Gasteiger partial charge is 0.330 e. The van der Waals surface area contributed by atoms with E-state index in [1.54, 1.807) is 14.0 Å². The maximum atomic E-state index is 12.8. The second kappa shape index (κ2) is 10.6. The highest BCUT2D eigenvalue weighted by Gasteiger charge is 2.65. The molecule has 4 fully saturated rings. The van der Waals surface area contributed by atoms with Crippen molar-refractivity contribution in [2.75, 3.05) is 13.7 Å². The molecule has 0 aromatic heterocycles. The Morgan fingerprint density at radius 1 is 1.06 bits per heavy atom. The summed E-state index contributed by atoms with van der Waals surface area (Å²) in [4.78, 5) is 24.9. The summed E-state index contributed by atoms with van der Waals surface area (Å²) < 4.78 is 5.04. The summed E-state index contributed by atoms with van der Waals surface area (Å²) in [5.74, 6) is 0.876. The molecule has 0 aromatic carbocycles. The van der Waals surface area contributed by atoms with Crippen LogP contribution in [0.1, 0.15) is 85.5 Å². The van der Waals surface area contributed by atoms with E-state index in [0.29, 0.717) is 25.2 Å². The molecule has 0 amide bonds. The lowest BCUT2D eigenvalue weighted by Gasteiger charge is -2.63. The van der Waals surface area contributed by atoms with Crippen LogP contribution >= 0.6 is 0 Å². The van der Waals surface area contributed by atoms with Gasteiger partial charge in [-0.15, -0.1) is 0 Å². The van der Waals surface area contributed by atoms with Crippen LogP contribution in [0.25, 0.3) is 0 Å². The third kappa shape index (κ3) is 4.56. The number of Topliss-reactive ketones (excluding diaryl/α,β-unsaturated/α-hetero) is 1. The van der Waals surface area contributed by atoms with Crippen LogP contribution in [-0.4, -0.2) is 65.1 Å². The molecule has 12 atom stereocenters. The van der Waals surface area contributed by atoms with Crippen molar-refractivity contribution >= 4 is 11.8 Å². The second-order valence-electron chi connectivity index (χ2n) is 13.0. The topological polar surface area (TPSA) is 116 Å². The van der Waals surface area contributed by atoms with E-state index in [0.717, 1.165) is 38.5 Å². The lowest BCUT2D eigenvalue weighted by atomic mass is 9.43. The number of aliphatic hydroxyl groups is 3. The molecule has 7 heteroatoms. The maximum absolute atomic E-state index is 12.8. The van der Waals surface area contributed by atoms with Crippen LogP contribution in [-0.2, 0) is 14.3 Å². The fourth-order valence-corrected chi connectivity index (χ4v) is 9.48. The van der Waals surface area contributed by atoms with Crippen LogP contribution in [0.2, 0.25) is 0 Å². The van der Waals surface area contributed by atoms with Crippen molar-refractivity contribution in [3.05, 3.63) is 0 Å². The van der Waals surface area contributed by atoms with Crippen molar-refractivity contribution in [2.45, 2.75) is 110 Å². The van der Waals surface area contributed by atoms with Crippen molar-refractivity contribution < 1.29 is 29.6 Å². The van der Waals surface area contributed by atoms with Gasteiger partial charge in [0, 0.05) is 6.42 Å². The summed E-state index contributed by atoms with van der Waals surface area (Å²) in [6.45, 7) is 8.74. The third-order valence-corrected chi connectivity index (χ3v) is 11.5. The first-order valence-corrected chi connectivity index (χ1v) is 14.4. The molecule has 4 saturated carbocycles. The molecule has 0 spiro atoms. The number of carbonyl (C=O) groups excluding carboxylic acids is 2. The molecule has 0 aliphatic heterocycles. The van der Waals surface area contributed by atoms with Gasteiger partial charge < -0.3 is 25.4 Å². The summed E-state index contributed by atoms with van der Waals surface area (Å²) in [7, 11) is 1.61. The van der Waals surface area contributed by atoms with Gasteiger partial charge in [0.05, 0.1) is 24.9 Å². The summed E-state index contributed by atoms with van der Waals surface area (Å²) in [5.41, 5.74) is -0.220. The lowest BCUT2D eigenvalue weighted by Crippen LogP contribution is -2.62. The number of hydrogen-bond donors (Lipinski definition) is 4. The SMILES string of the molecule is CCOC(=O)C(NC)C(=O)CCC(C)C1CCC2C3C(O)CC4CC(O)CCC4(C)C3CC(O)C12C. The first-order valence-electron chi connectivity index (χ1n) is 14.4. The number of hydrogen-bond acceptors (Lipinski definition) is 7. The molecule has 4 rings (SSSR count). The van der Waals surface area contributed by atoms with Crippen LogP contribution in [0, 0.1) is 46.3 Å². The second-order valence-corrected chi connectivity index (χ2v) is 13.0. The number of nitrogens with one attached hydrogen (secondary N) is 1. The Kier molecular flexibility index (Phi) is 8.26. The summed E-state index contributed by atoms with van der Waals surface area (Å²) >= 11 is 0. The Hall–Kier alpha value is -1.02. The Morgan fingerprint density at radius 3 is 2.44 bits per heavy atom. The van der Waals surface area contributed by atoms with Crippen molar-refractivity contribution in [3.63, 3.8) is 0 Å². The predicted molar refractivity (Wildman–Crippen MR) is 137 cm³/mol.